The average Bonchev–Trinajstić information content (AvgIpc) is 2.90. The van der Waals surface area contributed by atoms with Crippen LogP contribution in [0.3, 0.4) is 0 Å². The van der Waals surface area contributed by atoms with Crippen LogP contribution in [-0.2, 0) is 6.42 Å². The van der Waals surface area contributed by atoms with Gasteiger partial charge in [-0.05, 0) is 42.3 Å². The van der Waals surface area contributed by atoms with E-state index in [-0.39, 0.29) is 5.92 Å². The minimum atomic E-state index is -0.147. The van der Waals surface area contributed by atoms with Crippen molar-refractivity contribution in [2.24, 2.45) is 0 Å². The molecular weight excluding hydrogens is 284 g/mol. The zero-order chi connectivity index (χ0) is 14.8. The van der Waals surface area contributed by atoms with Crippen LogP contribution in [0.4, 0.5) is 0 Å². The average molecular weight is 297 g/mol. The number of aromatic nitrogens is 1. The minimum Gasteiger partial charge on any atom is -0.440 e. The summed E-state index contributed by atoms with van der Waals surface area (Å²) in [6, 6.07) is 15.5. The molecule has 0 N–H and O–H groups in total. The molecule has 1 heterocycles. The van der Waals surface area contributed by atoms with Crippen LogP contribution in [0.25, 0.3) is 11.1 Å². The summed E-state index contributed by atoms with van der Waals surface area (Å²) in [5, 5.41) is 9.69. The molecule has 3 rings (SSSR count). The number of fused-ring (bicyclic) bond motifs is 1. The summed E-state index contributed by atoms with van der Waals surface area (Å²) in [5.74, 6) is 0.514. The Hall–Kier alpha value is -2.31. The van der Waals surface area contributed by atoms with Gasteiger partial charge in [0.05, 0.1) is 12.0 Å². The van der Waals surface area contributed by atoms with E-state index in [0.29, 0.717) is 17.3 Å². The molecule has 0 aliphatic carbocycles. The first kappa shape index (κ1) is 13.7. The topological polar surface area (TPSA) is 49.8 Å². The van der Waals surface area contributed by atoms with Crippen LogP contribution in [0.2, 0.25) is 5.02 Å². The highest BCUT2D eigenvalue weighted by Gasteiger charge is 2.10. The van der Waals surface area contributed by atoms with Crippen LogP contribution in [-0.4, -0.2) is 4.98 Å². The number of hydrogen-bond acceptors (Lipinski definition) is 3. The third-order valence-corrected chi connectivity index (χ3v) is 3.67. The zero-order valence-electron chi connectivity index (χ0n) is 11.5. The number of rotatable bonds is 3. The summed E-state index contributed by atoms with van der Waals surface area (Å²) in [5.41, 5.74) is 3.58. The lowest BCUT2D eigenvalue weighted by atomic mass is 10.0. The van der Waals surface area contributed by atoms with Crippen LogP contribution < -0.4 is 0 Å². The Bertz CT molecular complexity index is 815. The van der Waals surface area contributed by atoms with Crippen molar-refractivity contribution in [3.8, 4) is 6.07 Å². The number of nitrogens with zero attached hydrogens (tertiary/aromatic N) is 2. The molecule has 3 nitrogen and oxygen atoms in total. The number of oxazole rings is 1. The highest BCUT2D eigenvalue weighted by molar-refractivity contribution is 6.30. The smallest absolute Gasteiger partial charge is 0.199 e. The summed E-state index contributed by atoms with van der Waals surface area (Å²) in [7, 11) is 0. The van der Waals surface area contributed by atoms with Crippen LogP contribution in [0.1, 0.15) is 29.9 Å². The van der Waals surface area contributed by atoms with Crippen LogP contribution in [0, 0.1) is 11.3 Å². The fourth-order valence-electron chi connectivity index (χ4n) is 2.19. The summed E-state index contributed by atoms with van der Waals surface area (Å²) >= 11 is 5.87. The molecule has 2 aromatic carbocycles. The number of halogens is 1. The maximum absolute atomic E-state index is 8.98. The van der Waals surface area contributed by atoms with E-state index in [2.05, 4.69) is 11.1 Å². The molecule has 0 spiro atoms. The molecule has 0 fully saturated rings. The fourth-order valence-corrected chi connectivity index (χ4v) is 2.31. The number of benzene rings is 2. The molecule has 4 heteroatoms. The van der Waals surface area contributed by atoms with Gasteiger partial charge in [0.2, 0.25) is 0 Å². The van der Waals surface area contributed by atoms with Gasteiger partial charge >= 0.3 is 0 Å². The summed E-state index contributed by atoms with van der Waals surface area (Å²) in [6.45, 7) is 1.87. The lowest BCUT2D eigenvalue weighted by Gasteiger charge is -2.00. The lowest BCUT2D eigenvalue weighted by molar-refractivity contribution is 0.544. The second-order valence-corrected chi connectivity index (χ2v) is 5.43. The van der Waals surface area contributed by atoms with Crippen LogP contribution in [0.5, 0.6) is 0 Å². The Morgan fingerprint density at radius 1 is 1.24 bits per heavy atom. The minimum absolute atomic E-state index is 0.147. The van der Waals surface area contributed by atoms with Crippen molar-refractivity contribution in [1.82, 2.24) is 4.98 Å². The molecule has 0 aliphatic rings. The van der Waals surface area contributed by atoms with Crippen molar-refractivity contribution in [1.29, 1.82) is 5.26 Å². The predicted molar refractivity (Wildman–Crippen MR) is 82.3 cm³/mol. The Balaban J connectivity index is 1.90. The lowest BCUT2D eigenvalue weighted by Crippen LogP contribution is -1.89. The maximum Gasteiger partial charge on any atom is 0.199 e. The monoisotopic (exact) mass is 296 g/mol. The molecule has 1 unspecified atom stereocenters. The van der Waals surface area contributed by atoms with E-state index in [1.807, 2.05) is 49.4 Å². The Kier molecular flexibility index (Phi) is 3.64. The quantitative estimate of drug-likeness (QED) is 0.704. The van der Waals surface area contributed by atoms with Gasteiger partial charge in [0.1, 0.15) is 5.52 Å². The first-order chi connectivity index (χ1) is 10.2. The van der Waals surface area contributed by atoms with Crippen molar-refractivity contribution >= 4 is 22.7 Å². The fraction of sp³-hybridized carbons (Fsp3) is 0.176. The molecule has 0 saturated carbocycles. The van der Waals surface area contributed by atoms with Crippen molar-refractivity contribution in [2.45, 2.75) is 19.3 Å². The van der Waals surface area contributed by atoms with Crippen LogP contribution in [0.15, 0.2) is 46.9 Å². The standard InChI is InChI=1S/C17H13ClN2O/c1-11(10-19)13-4-7-16-15(9-13)20-17(21-16)8-12-2-5-14(18)6-3-12/h2-7,9,11H,8H2,1H3. The molecule has 1 atom stereocenters. The summed E-state index contributed by atoms with van der Waals surface area (Å²) in [6.07, 6.45) is 0.620. The predicted octanol–water partition coefficient (Wildman–Crippen LogP) is 4.70. The SMILES string of the molecule is CC(C#N)c1ccc2oc(Cc3ccc(Cl)cc3)nc2c1. The molecule has 0 bridgehead atoms. The first-order valence-electron chi connectivity index (χ1n) is 6.69. The first-order valence-corrected chi connectivity index (χ1v) is 7.07. The van der Waals surface area contributed by atoms with Crippen LogP contribution >= 0.6 is 11.6 Å². The zero-order valence-corrected chi connectivity index (χ0v) is 12.3. The van der Waals surface area contributed by atoms with Gasteiger partial charge < -0.3 is 4.42 Å². The molecule has 0 saturated heterocycles. The Morgan fingerprint density at radius 2 is 2.00 bits per heavy atom. The van der Waals surface area contributed by atoms with Gasteiger partial charge in [-0.1, -0.05) is 29.8 Å². The second-order valence-electron chi connectivity index (χ2n) is 4.99. The second kappa shape index (κ2) is 5.59. The van der Waals surface area contributed by atoms with Crippen molar-refractivity contribution in [3.63, 3.8) is 0 Å². The number of hydrogen-bond donors (Lipinski definition) is 0. The summed E-state index contributed by atoms with van der Waals surface area (Å²) < 4.78 is 5.74. The normalized spacial score (nSPS) is 12.2. The van der Waals surface area contributed by atoms with Gasteiger partial charge in [0.15, 0.2) is 11.5 Å². The largest absolute Gasteiger partial charge is 0.440 e. The molecule has 0 amide bonds. The van der Waals surface area contributed by atoms with E-state index in [0.717, 1.165) is 22.2 Å². The summed E-state index contributed by atoms with van der Waals surface area (Å²) in [4.78, 5) is 4.50. The van der Waals surface area contributed by atoms with E-state index >= 15 is 0 Å². The molecule has 1 aromatic heterocycles. The molecule has 21 heavy (non-hydrogen) atoms. The van der Waals surface area contributed by atoms with Crippen molar-refractivity contribution in [3.05, 3.63) is 64.5 Å². The third-order valence-electron chi connectivity index (χ3n) is 3.42. The molecule has 0 aliphatic heterocycles. The van der Waals surface area contributed by atoms with E-state index in [9.17, 15) is 0 Å². The maximum atomic E-state index is 8.98. The van der Waals surface area contributed by atoms with E-state index in [4.69, 9.17) is 21.3 Å². The van der Waals surface area contributed by atoms with Gasteiger partial charge in [0, 0.05) is 11.4 Å². The van der Waals surface area contributed by atoms with Gasteiger partial charge in [-0.25, -0.2) is 4.98 Å². The molecule has 104 valence electrons. The van der Waals surface area contributed by atoms with E-state index < -0.39 is 0 Å². The van der Waals surface area contributed by atoms with Gasteiger partial charge in [0.25, 0.3) is 0 Å². The van der Waals surface area contributed by atoms with Crippen molar-refractivity contribution in [2.75, 3.05) is 0 Å². The third kappa shape index (κ3) is 2.91. The molecular formula is C17H13ClN2O. The number of nitriles is 1. The highest BCUT2D eigenvalue weighted by Crippen LogP contribution is 2.23. The van der Waals surface area contributed by atoms with E-state index in [1.165, 1.54) is 0 Å². The van der Waals surface area contributed by atoms with Crippen molar-refractivity contribution < 1.29 is 4.42 Å². The molecule has 3 aromatic rings. The Morgan fingerprint density at radius 3 is 2.71 bits per heavy atom. The highest BCUT2D eigenvalue weighted by atomic mass is 35.5. The van der Waals surface area contributed by atoms with Gasteiger partial charge in [-0.3, -0.25) is 0 Å². The molecule has 0 radical (unpaired) electrons. The Labute approximate surface area is 127 Å². The van der Waals surface area contributed by atoms with Gasteiger partial charge in [-0.15, -0.1) is 0 Å². The van der Waals surface area contributed by atoms with E-state index in [1.54, 1.807) is 0 Å². The van der Waals surface area contributed by atoms with Gasteiger partial charge in [-0.2, -0.15) is 5.26 Å².